The second-order valence-corrected chi connectivity index (χ2v) is 11.4. The highest BCUT2D eigenvalue weighted by molar-refractivity contribution is 9.10. The fourth-order valence-electron chi connectivity index (χ4n) is 4.85. The lowest BCUT2D eigenvalue weighted by atomic mass is 9.95. The Labute approximate surface area is 248 Å². The molecule has 0 bridgehead atoms. The molecule has 0 atom stereocenters. The Balaban J connectivity index is 1.87. The molecule has 0 saturated heterocycles. The van der Waals surface area contributed by atoms with Crippen molar-refractivity contribution in [3.63, 3.8) is 0 Å². The normalized spacial score (nSPS) is 12.8. The molecule has 1 aliphatic carbocycles. The molecule has 8 nitrogen and oxygen atoms in total. The number of aryl methyl sites for hydroxylation is 1. The summed E-state index contributed by atoms with van der Waals surface area (Å²) in [5.41, 5.74) is 6.08. The van der Waals surface area contributed by atoms with Crippen LogP contribution in [-0.4, -0.2) is 51.3 Å². The van der Waals surface area contributed by atoms with Crippen molar-refractivity contribution in [2.45, 2.75) is 59.8 Å². The van der Waals surface area contributed by atoms with Gasteiger partial charge in [0, 0.05) is 46.9 Å². The molecule has 2 heterocycles. The number of carbonyl (C=O) groups excluding carboxylic acids is 2. The lowest BCUT2D eigenvalue weighted by Crippen LogP contribution is -2.32. The van der Waals surface area contributed by atoms with Crippen molar-refractivity contribution in [1.82, 2.24) is 19.7 Å². The second-order valence-electron chi connectivity index (χ2n) is 9.51. The highest BCUT2D eigenvalue weighted by Crippen LogP contribution is 2.44. The molecule has 40 heavy (non-hydrogen) atoms. The van der Waals surface area contributed by atoms with Gasteiger partial charge in [-0.25, -0.2) is 9.67 Å². The summed E-state index contributed by atoms with van der Waals surface area (Å²) >= 11 is 5.20. The van der Waals surface area contributed by atoms with Crippen LogP contribution in [0.25, 0.3) is 21.8 Å². The molecule has 2 aromatic heterocycles. The number of anilines is 1. The molecule has 1 N–H and O–H groups in total. The summed E-state index contributed by atoms with van der Waals surface area (Å²) in [5.74, 6) is -0.0467. The second kappa shape index (κ2) is 13.3. The standard InChI is InChI=1S/C30H35BrN6O2S/c1-6-10-20(18-32-5)26-21-12-13-23-28(40-30(33-23)34-25(38)9-4)27(21)37(35-26)24-14-11-19(17-22(24)31)29(39)36(15-7-2)16-8-3/h6,10-11,14,17-18H,5,7-9,12-13,15-16H2,1-4H3,(H,33,34,38)/b10-6-,20-18+. The first-order valence-electron chi connectivity index (χ1n) is 13.7. The van der Waals surface area contributed by atoms with Crippen molar-refractivity contribution >= 4 is 56.5 Å². The largest absolute Gasteiger partial charge is 0.339 e. The molecule has 0 radical (unpaired) electrons. The molecule has 0 fully saturated rings. The summed E-state index contributed by atoms with van der Waals surface area (Å²) in [6.07, 6.45) is 9.33. The van der Waals surface area contributed by atoms with Gasteiger partial charge in [0.1, 0.15) is 0 Å². The van der Waals surface area contributed by atoms with Gasteiger partial charge in [-0.15, -0.1) is 0 Å². The van der Waals surface area contributed by atoms with E-state index in [1.807, 2.05) is 53.8 Å². The van der Waals surface area contributed by atoms with Gasteiger partial charge in [-0.1, -0.05) is 44.3 Å². The lowest BCUT2D eigenvalue weighted by molar-refractivity contribution is -0.115. The molecule has 1 aliphatic rings. The van der Waals surface area contributed by atoms with E-state index in [1.165, 1.54) is 11.3 Å². The van der Waals surface area contributed by atoms with E-state index in [9.17, 15) is 9.59 Å². The molecule has 210 valence electrons. The number of carbonyl (C=O) groups is 2. The number of allylic oxidation sites excluding steroid dienone is 3. The maximum absolute atomic E-state index is 13.3. The quantitative estimate of drug-likeness (QED) is 0.182. The Morgan fingerprint density at radius 2 is 1.98 bits per heavy atom. The molecule has 10 heteroatoms. The van der Waals surface area contributed by atoms with E-state index in [-0.39, 0.29) is 11.8 Å². The van der Waals surface area contributed by atoms with Gasteiger partial charge in [-0.3, -0.25) is 14.6 Å². The lowest BCUT2D eigenvalue weighted by Gasteiger charge is -2.22. The smallest absolute Gasteiger partial charge is 0.253 e. The van der Waals surface area contributed by atoms with Crippen LogP contribution in [-0.2, 0) is 17.6 Å². The van der Waals surface area contributed by atoms with E-state index in [2.05, 4.69) is 46.8 Å². The summed E-state index contributed by atoms with van der Waals surface area (Å²) in [6, 6.07) is 5.68. The fourth-order valence-corrected chi connectivity index (χ4v) is 6.48. The third kappa shape index (κ3) is 6.02. The first kappa shape index (κ1) is 29.6. The number of thiazole rings is 1. The molecular weight excluding hydrogens is 588 g/mol. The number of aliphatic imine (C=N–C) groups is 1. The third-order valence-corrected chi connectivity index (χ3v) is 8.28. The van der Waals surface area contributed by atoms with E-state index in [0.29, 0.717) is 17.1 Å². The number of amides is 2. The summed E-state index contributed by atoms with van der Waals surface area (Å²) in [5, 5.41) is 8.59. The SMILES string of the molecule is C=N/C=C(\C=C/C)c1nn(-c2ccc(C(=O)N(CCC)CCC)cc2Br)c2c1CCc1nc(NC(=O)CC)sc1-2. The molecule has 0 aliphatic heterocycles. The van der Waals surface area contributed by atoms with Gasteiger partial charge < -0.3 is 10.2 Å². The Kier molecular flexibility index (Phi) is 9.86. The van der Waals surface area contributed by atoms with Gasteiger partial charge in [-0.05, 0) is 73.5 Å². The average molecular weight is 624 g/mol. The van der Waals surface area contributed by atoms with Crippen LogP contribution in [0, 0.1) is 0 Å². The minimum atomic E-state index is -0.0703. The zero-order chi connectivity index (χ0) is 28.8. The van der Waals surface area contributed by atoms with Crippen LogP contribution in [0.5, 0.6) is 0 Å². The molecule has 0 unspecified atom stereocenters. The van der Waals surface area contributed by atoms with Gasteiger partial charge in [-0.2, -0.15) is 5.10 Å². The highest BCUT2D eigenvalue weighted by Gasteiger charge is 2.31. The van der Waals surface area contributed by atoms with Gasteiger partial charge in [0.05, 0.1) is 27.6 Å². The molecule has 3 aromatic rings. The van der Waals surface area contributed by atoms with E-state index >= 15 is 0 Å². The third-order valence-electron chi connectivity index (χ3n) is 6.62. The highest BCUT2D eigenvalue weighted by atomic mass is 79.9. The first-order valence-corrected chi connectivity index (χ1v) is 15.3. The van der Waals surface area contributed by atoms with Crippen molar-refractivity contribution in [2.75, 3.05) is 18.4 Å². The Morgan fingerprint density at radius 1 is 1.23 bits per heavy atom. The fraction of sp³-hybridized carbons (Fsp3) is 0.367. The topological polar surface area (TPSA) is 92.5 Å². The molecule has 0 spiro atoms. The minimum Gasteiger partial charge on any atom is -0.339 e. The first-order chi connectivity index (χ1) is 19.4. The maximum Gasteiger partial charge on any atom is 0.253 e. The van der Waals surface area contributed by atoms with Crippen LogP contribution in [0.2, 0.25) is 0 Å². The minimum absolute atomic E-state index is 0.0237. The van der Waals surface area contributed by atoms with Crippen molar-refractivity contribution in [3.8, 4) is 16.3 Å². The summed E-state index contributed by atoms with van der Waals surface area (Å²) in [6.45, 7) is 13.0. The Hall–Kier alpha value is -3.37. The predicted octanol–water partition coefficient (Wildman–Crippen LogP) is 7.09. The molecular formula is C30H35BrN6O2S. The Bertz CT molecular complexity index is 1480. The van der Waals surface area contributed by atoms with Crippen LogP contribution in [0.4, 0.5) is 5.13 Å². The monoisotopic (exact) mass is 622 g/mol. The number of rotatable bonds is 11. The summed E-state index contributed by atoms with van der Waals surface area (Å²) in [7, 11) is 0. The van der Waals surface area contributed by atoms with E-state index in [0.717, 1.165) is 82.0 Å². The van der Waals surface area contributed by atoms with Crippen molar-refractivity contribution in [3.05, 3.63) is 63.5 Å². The predicted molar refractivity (Wildman–Crippen MR) is 168 cm³/mol. The Morgan fingerprint density at radius 3 is 2.60 bits per heavy atom. The van der Waals surface area contributed by atoms with Gasteiger partial charge in [0.2, 0.25) is 5.91 Å². The van der Waals surface area contributed by atoms with Crippen molar-refractivity contribution < 1.29 is 9.59 Å². The molecule has 0 saturated carbocycles. The molecule has 4 rings (SSSR count). The number of aromatic nitrogens is 3. The van der Waals surface area contributed by atoms with Crippen LogP contribution >= 0.6 is 27.3 Å². The number of hydrogen-bond donors (Lipinski definition) is 1. The van der Waals surface area contributed by atoms with E-state index < -0.39 is 0 Å². The van der Waals surface area contributed by atoms with Crippen molar-refractivity contribution in [1.29, 1.82) is 0 Å². The van der Waals surface area contributed by atoms with Gasteiger partial charge in [0.15, 0.2) is 5.13 Å². The van der Waals surface area contributed by atoms with Gasteiger partial charge >= 0.3 is 0 Å². The van der Waals surface area contributed by atoms with Crippen LogP contribution < -0.4 is 5.32 Å². The van der Waals surface area contributed by atoms with E-state index in [4.69, 9.17) is 10.1 Å². The van der Waals surface area contributed by atoms with Crippen molar-refractivity contribution in [2.24, 2.45) is 4.99 Å². The van der Waals surface area contributed by atoms with Crippen LogP contribution in [0.1, 0.15) is 74.3 Å². The number of fused-ring (bicyclic) bond motifs is 3. The van der Waals surface area contributed by atoms with Crippen LogP contribution in [0.3, 0.4) is 0 Å². The molecule has 2 amide bonds. The maximum atomic E-state index is 13.3. The van der Waals surface area contributed by atoms with Crippen LogP contribution in [0.15, 0.2) is 46.0 Å². The number of nitrogens with zero attached hydrogens (tertiary/aromatic N) is 5. The zero-order valence-electron chi connectivity index (χ0n) is 23.5. The number of benzene rings is 1. The number of nitrogens with one attached hydrogen (secondary N) is 1. The average Bonchev–Trinajstić information content (AvgIpc) is 3.53. The number of halogens is 1. The van der Waals surface area contributed by atoms with E-state index in [1.54, 1.807) is 6.20 Å². The molecule has 1 aromatic carbocycles. The van der Waals surface area contributed by atoms with Gasteiger partial charge in [0.25, 0.3) is 5.91 Å². The zero-order valence-corrected chi connectivity index (χ0v) is 25.9. The number of hydrogen-bond acceptors (Lipinski definition) is 6. The summed E-state index contributed by atoms with van der Waals surface area (Å²) in [4.78, 5) is 37.0. The summed E-state index contributed by atoms with van der Waals surface area (Å²) < 4.78 is 2.68.